The van der Waals surface area contributed by atoms with Gasteiger partial charge in [-0.05, 0) is 35.7 Å². The van der Waals surface area contributed by atoms with E-state index in [1.165, 1.54) is 0 Å². The van der Waals surface area contributed by atoms with Crippen molar-refractivity contribution >= 4 is 22.7 Å². The van der Waals surface area contributed by atoms with Gasteiger partial charge in [-0.2, -0.15) is 0 Å². The number of H-pyrrole nitrogens is 1. The van der Waals surface area contributed by atoms with Crippen molar-refractivity contribution in [3.05, 3.63) is 65.4 Å². The number of aromatic nitrogens is 1. The number of nitrogens with one attached hydrogen (secondary N) is 1. The Morgan fingerprint density at radius 3 is 2.75 bits per heavy atom. The number of methoxy groups -OCH3 is 1. The minimum atomic E-state index is -0.485. The van der Waals surface area contributed by atoms with Gasteiger partial charge in [-0.25, -0.2) is 0 Å². The molecule has 6 heteroatoms. The Morgan fingerprint density at radius 1 is 1.09 bits per heavy atom. The summed E-state index contributed by atoms with van der Waals surface area (Å²) in [6.07, 6.45) is 3.61. The molecular weight excluding hydrogens is 402 g/mol. The van der Waals surface area contributed by atoms with Gasteiger partial charge >= 0.3 is 0 Å². The minimum absolute atomic E-state index is 0.00299. The van der Waals surface area contributed by atoms with Crippen molar-refractivity contribution in [2.45, 2.75) is 44.7 Å². The van der Waals surface area contributed by atoms with E-state index in [9.17, 15) is 9.59 Å². The van der Waals surface area contributed by atoms with Crippen LogP contribution in [0, 0.1) is 0 Å². The fourth-order valence-corrected chi connectivity index (χ4v) is 5.22. The molecule has 0 unspecified atom stereocenters. The van der Waals surface area contributed by atoms with Crippen molar-refractivity contribution in [2.75, 3.05) is 20.2 Å². The van der Waals surface area contributed by atoms with Crippen molar-refractivity contribution in [1.82, 2.24) is 14.8 Å². The van der Waals surface area contributed by atoms with Crippen molar-refractivity contribution in [3.63, 3.8) is 0 Å². The third-order valence-electron chi connectivity index (χ3n) is 6.78. The Kier molecular flexibility index (Phi) is 5.37. The van der Waals surface area contributed by atoms with E-state index in [0.29, 0.717) is 13.0 Å². The van der Waals surface area contributed by atoms with Crippen LogP contribution >= 0.6 is 0 Å². The lowest BCUT2D eigenvalue weighted by molar-refractivity contribution is -0.158. The second kappa shape index (κ2) is 8.34. The highest BCUT2D eigenvalue weighted by molar-refractivity contribution is 5.97. The number of amides is 2. The van der Waals surface area contributed by atoms with E-state index in [1.54, 1.807) is 12.0 Å². The normalized spacial score (nSPS) is 20.4. The SMILES string of the molecule is CCCCCN1CC(=O)N2[C@@H](c3cccc(OC)c3)c3[nH]c4ccccc4c3C[C@H]2C1=O. The Hall–Kier alpha value is -3.28. The molecule has 2 aliphatic rings. The van der Waals surface area contributed by atoms with Gasteiger partial charge in [0.15, 0.2) is 0 Å². The number of rotatable bonds is 6. The predicted molar refractivity (Wildman–Crippen MR) is 124 cm³/mol. The van der Waals surface area contributed by atoms with Crippen LogP contribution in [0.4, 0.5) is 0 Å². The Morgan fingerprint density at radius 2 is 1.94 bits per heavy atom. The monoisotopic (exact) mass is 431 g/mol. The second-order valence-electron chi connectivity index (χ2n) is 8.73. The van der Waals surface area contributed by atoms with Gasteiger partial charge in [0.1, 0.15) is 11.8 Å². The number of para-hydroxylation sites is 1. The van der Waals surface area contributed by atoms with Crippen LogP contribution in [-0.4, -0.2) is 52.8 Å². The molecule has 2 aromatic carbocycles. The van der Waals surface area contributed by atoms with Gasteiger partial charge in [0.2, 0.25) is 11.8 Å². The van der Waals surface area contributed by atoms with Crippen molar-refractivity contribution in [1.29, 1.82) is 0 Å². The molecule has 1 aromatic heterocycles. The van der Waals surface area contributed by atoms with Crippen LogP contribution in [0.5, 0.6) is 5.75 Å². The molecule has 1 fully saturated rings. The molecule has 0 spiro atoms. The summed E-state index contributed by atoms with van der Waals surface area (Å²) in [6, 6.07) is 15.2. The van der Waals surface area contributed by atoms with Gasteiger partial charge in [0.05, 0.1) is 19.7 Å². The van der Waals surface area contributed by atoms with E-state index < -0.39 is 6.04 Å². The molecule has 2 atom stereocenters. The number of piperazine rings is 1. The van der Waals surface area contributed by atoms with E-state index in [1.807, 2.05) is 41.3 Å². The Bertz CT molecular complexity index is 1170. The van der Waals surface area contributed by atoms with Gasteiger partial charge in [-0.1, -0.05) is 50.1 Å². The lowest BCUT2D eigenvalue weighted by Crippen LogP contribution is -2.63. The van der Waals surface area contributed by atoms with Gasteiger partial charge in [-0.3, -0.25) is 9.59 Å². The maximum atomic E-state index is 13.6. The van der Waals surface area contributed by atoms with E-state index in [4.69, 9.17) is 4.74 Å². The predicted octanol–water partition coefficient (Wildman–Crippen LogP) is 4.05. The fourth-order valence-electron chi connectivity index (χ4n) is 5.22. The molecule has 0 aliphatic carbocycles. The smallest absolute Gasteiger partial charge is 0.246 e. The van der Waals surface area contributed by atoms with Crippen molar-refractivity contribution in [2.24, 2.45) is 0 Å². The average Bonchev–Trinajstić information content (AvgIpc) is 3.19. The minimum Gasteiger partial charge on any atom is -0.497 e. The highest BCUT2D eigenvalue weighted by Crippen LogP contribution is 2.43. The molecular formula is C26H29N3O3. The molecule has 0 saturated carbocycles. The fraction of sp³-hybridized carbons (Fsp3) is 0.385. The first-order valence-corrected chi connectivity index (χ1v) is 11.5. The molecule has 32 heavy (non-hydrogen) atoms. The zero-order valence-corrected chi connectivity index (χ0v) is 18.6. The molecule has 0 bridgehead atoms. The number of hydrogen-bond acceptors (Lipinski definition) is 3. The number of fused-ring (bicyclic) bond motifs is 4. The lowest BCUT2D eigenvalue weighted by Gasteiger charge is -2.47. The number of benzene rings is 2. The highest BCUT2D eigenvalue weighted by Gasteiger charge is 2.48. The Balaban J connectivity index is 1.62. The summed E-state index contributed by atoms with van der Waals surface area (Å²) in [7, 11) is 1.64. The quantitative estimate of drug-likeness (QED) is 0.599. The van der Waals surface area contributed by atoms with Gasteiger partial charge in [-0.15, -0.1) is 0 Å². The molecule has 3 heterocycles. The molecule has 1 N–H and O–H groups in total. The maximum Gasteiger partial charge on any atom is 0.246 e. The van der Waals surface area contributed by atoms with Crippen LogP contribution in [0.1, 0.15) is 49.0 Å². The van der Waals surface area contributed by atoms with Crippen LogP contribution < -0.4 is 4.74 Å². The third kappa shape index (κ3) is 3.34. The van der Waals surface area contributed by atoms with E-state index in [2.05, 4.69) is 24.0 Å². The van der Waals surface area contributed by atoms with E-state index >= 15 is 0 Å². The molecule has 1 saturated heterocycles. The number of ether oxygens (including phenoxy) is 1. The summed E-state index contributed by atoms with van der Waals surface area (Å²) in [4.78, 5) is 34.2. The molecule has 3 aromatic rings. The summed E-state index contributed by atoms with van der Waals surface area (Å²) in [5, 5.41) is 1.12. The van der Waals surface area contributed by atoms with E-state index in [-0.39, 0.29) is 24.4 Å². The van der Waals surface area contributed by atoms with Crippen LogP contribution in [0.3, 0.4) is 0 Å². The highest BCUT2D eigenvalue weighted by atomic mass is 16.5. The van der Waals surface area contributed by atoms with Gasteiger partial charge in [0.25, 0.3) is 0 Å². The lowest BCUT2D eigenvalue weighted by atomic mass is 9.86. The zero-order valence-electron chi connectivity index (χ0n) is 18.6. The zero-order chi connectivity index (χ0) is 22.2. The maximum absolute atomic E-state index is 13.6. The molecule has 5 rings (SSSR count). The van der Waals surface area contributed by atoms with Crippen LogP contribution in [0.25, 0.3) is 10.9 Å². The number of hydrogen-bond donors (Lipinski definition) is 1. The summed E-state index contributed by atoms with van der Waals surface area (Å²) in [5.41, 5.74) is 4.11. The van der Waals surface area contributed by atoms with Gasteiger partial charge < -0.3 is 19.5 Å². The molecule has 2 aliphatic heterocycles. The summed E-state index contributed by atoms with van der Waals surface area (Å²) >= 11 is 0. The first-order valence-electron chi connectivity index (χ1n) is 11.5. The van der Waals surface area contributed by atoms with Crippen LogP contribution in [0.2, 0.25) is 0 Å². The number of nitrogens with zero attached hydrogens (tertiary/aromatic N) is 2. The summed E-state index contributed by atoms with van der Waals surface area (Å²) in [6.45, 7) is 2.94. The van der Waals surface area contributed by atoms with Crippen molar-refractivity contribution in [3.8, 4) is 5.75 Å². The van der Waals surface area contributed by atoms with Gasteiger partial charge in [0, 0.05) is 29.6 Å². The first kappa shape index (κ1) is 20.6. The number of aromatic amines is 1. The third-order valence-corrected chi connectivity index (χ3v) is 6.78. The molecule has 6 nitrogen and oxygen atoms in total. The average molecular weight is 432 g/mol. The molecule has 0 radical (unpaired) electrons. The topological polar surface area (TPSA) is 65.6 Å². The number of unbranched alkanes of at least 4 members (excludes halogenated alkanes) is 2. The standard InChI is InChI=1S/C26H29N3O3/c1-3-4-7-13-28-16-23(30)29-22(26(28)31)15-20-19-11-5-6-12-21(19)27-24(20)25(29)17-9-8-10-18(14-17)32-2/h5-6,8-12,14,22,25,27H,3-4,7,13,15-16H2,1-2H3/t22-,25-/m0/s1. The summed E-state index contributed by atoms with van der Waals surface area (Å²) < 4.78 is 5.46. The number of carbonyl (C=O) groups excluding carboxylic acids is 2. The van der Waals surface area contributed by atoms with E-state index in [0.717, 1.165) is 52.7 Å². The van der Waals surface area contributed by atoms with Crippen molar-refractivity contribution < 1.29 is 14.3 Å². The second-order valence-corrected chi connectivity index (χ2v) is 8.73. The van der Waals surface area contributed by atoms with Crippen LogP contribution in [-0.2, 0) is 16.0 Å². The number of carbonyl (C=O) groups is 2. The molecule has 166 valence electrons. The molecule has 2 amide bonds. The Labute approximate surface area is 188 Å². The first-order chi connectivity index (χ1) is 15.6. The summed E-state index contributed by atoms with van der Waals surface area (Å²) in [5.74, 6) is 0.798. The largest absolute Gasteiger partial charge is 0.497 e. The van der Waals surface area contributed by atoms with Crippen LogP contribution in [0.15, 0.2) is 48.5 Å².